The van der Waals surface area contributed by atoms with Crippen LogP contribution in [0.4, 0.5) is 8.78 Å². The van der Waals surface area contributed by atoms with Crippen molar-refractivity contribution in [1.29, 1.82) is 0 Å². The summed E-state index contributed by atoms with van der Waals surface area (Å²) in [5.41, 5.74) is 0.307. The second kappa shape index (κ2) is 8.01. The van der Waals surface area contributed by atoms with E-state index in [4.69, 9.17) is 0 Å². The molecule has 0 saturated carbocycles. The van der Waals surface area contributed by atoms with E-state index in [1.54, 1.807) is 6.92 Å². The molecule has 2 heterocycles. The smallest absolute Gasteiger partial charge is 0.263 e. The highest BCUT2D eigenvalue weighted by Gasteiger charge is 2.20. The van der Waals surface area contributed by atoms with Crippen molar-refractivity contribution in [3.63, 3.8) is 0 Å². The third-order valence-corrected chi connectivity index (χ3v) is 5.52. The Morgan fingerprint density at radius 1 is 1.24 bits per heavy atom. The average molecular weight is 365 g/mol. The molecule has 0 unspecified atom stereocenters. The molecular formula is C18H21F2N3OS. The first-order chi connectivity index (χ1) is 12.1. The van der Waals surface area contributed by atoms with Gasteiger partial charge in [0.15, 0.2) is 0 Å². The molecule has 4 nitrogen and oxygen atoms in total. The van der Waals surface area contributed by atoms with Crippen molar-refractivity contribution in [1.82, 2.24) is 15.2 Å². The number of piperidine rings is 1. The number of rotatable bonds is 5. The Morgan fingerprint density at radius 3 is 2.60 bits per heavy atom. The van der Waals surface area contributed by atoms with Crippen molar-refractivity contribution >= 4 is 17.2 Å². The quantitative estimate of drug-likeness (QED) is 0.880. The Balaban J connectivity index is 1.66. The van der Waals surface area contributed by atoms with Crippen LogP contribution < -0.4 is 5.32 Å². The van der Waals surface area contributed by atoms with E-state index in [2.05, 4.69) is 15.2 Å². The largest absolute Gasteiger partial charge is 0.350 e. The predicted octanol–water partition coefficient (Wildman–Crippen LogP) is 3.61. The van der Waals surface area contributed by atoms with Crippen molar-refractivity contribution in [3.05, 3.63) is 40.4 Å². The number of nitrogens with zero attached hydrogens (tertiary/aromatic N) is 2. The van der Waals surface area contributed by atoms with Gasteiger partial charge >= 0.3 is 0 Å². The average Bonchev–Trinajstić information content (AvgIpc) is 2.97. The Morgan fingerprint density at radius 2 is 1.92 bits per heavy atom. The van der Waals surface area contributed by atoms with E-state index in [-0.39, 0.29) is 16.5 Å². The van der Waals surface area contributed by atoms with E-state index in [0.717, 1.165) is 31.0 Å². The minimum Gasteiger partial charge on any atom is -0.350 e. The van der Waals surface area contributed by atoms with Crippen LogP contribution in [0.1, 0.15) is 34.6 Å². The Hall–Kier alpha value is -1.86. The molecule has 134 valence electrons. The number of aromatic nitrogens is 1. The minimum atomic E-state index is -0.675. The highest BCUT2D eigenvalue weighted by Crippen LogP contribution is 2.31. The highest BCUT2D eigenvalue weighted by atomic mass is 32.1. The van der Waals surface area contributed by atoms with Crippen LogP contribution in [-0.4, -0.2) is 42.0 Å². The first-order valence-corrected chi connectivity index (χ1v) is 9.30. The molecule has 0 radical (unpaired) electrons. The standard InChI is InChI=1S/C18H21F2N3OS/c1-12-16(17(24)21-8-11-23-9-3-2-4-10-23)25-18(22-12)15-13(19)6-5-7-14(15)20/h5-7H,2-4,8-11H2,1H3,(H,21,24). The molecule has 3 rings (SSSR count). The Bertz CT molecular complexity index is 737. The van der Waals surface area contributed by atoms with E-state index < -0.39 is 11.6 Å². The van der Waals surface area contributed by atoms with Gasteiger partial charge in [-0.25, -0.2) is 13.8 Å². The summed E-state index contributed by atoms with van der Waals surface area (Å²) in [6.07, 6.45) is 3.69. The van der Waals surface area contributed by atoms with Crippen molar-refractivity contribution in [2.45, 2.75) is 26.2 Å². The summed E-state index contributed by atoms with van der Waals surface area (Å²) in [5, 5.41) is 3.07. The molecule has 1 aromatic carbocycles. The normalized spacial score (nSPS) is 15.3. The number of carbonyl (C=O) groups excluding carboxylic acids is 1. The number of halogens is 2. The SMILES string of the molecule is Cc1nc(-c2c(F)cccc2F)sc1C(=O)NCCN1CCCCC1. The van der Waals surface area contributed by atoms with Gasteiger partial charge in [-0.2, -0.15) is 0 Å². The number of nitrogens with one attached hydrogen (secondary N) is 1. The maximum Gasteiger partial charge on any atom is 0.263 e. The molecule has 25 heavy (non-hydrogen) atoms. The van der Waals surface area contributed by atoms with Crippen LogP contribution in [0.3, 0.4) is 0 Å². The summed E-state index contributed by atoms with van der Waals surface area (Å²) < 4.78 is 27.8. The molecule has 0 atom stereocenters. The van der Waals surface area contributed by atoms with Crippen molar-refractivity contribution in [2.24, 2.45) is 0 Å². The third-order valence-electron chi connectivity index (χ3n) is 4.34. The molecule has 0 spiro atoms. The highest BCUT2D eigenvalue weighted by molar-refractivity contribution is 7.17. The lowest BCUT2D eigenvalue weighted by molar-refractivity contribution is 0.0950. The van der Waals surface area contributed by atoms with Crippen LogP contribution in [-0.2, 0) is 0 Å². The van der Waals surface area contributed by atoms with Crippen LogP contribution in [0.5, 0.6) is 0 Å². The monoisotopic (exact) mass is 365 g/mol. The van der Waals surface area contributed by atoms with Gasteiger partial charge in [-0.3, -0.25) is 4.79 Å². The summed E-state index contributed by atoms with van der Waals surface area (Å²) in [4.78, 5) is 19.3. The molecule has 1 fully saturated rings. The lowest BCUT2D eigenvalue weighted by atomic mass is 10.1. The molecule has 1 amide bonds. The van der Waals surface area contributed by atoms with E-state index >= 15 is 0 Å². The third kappa shape index (κ3) is 4.22. The van der Waals surface area contributed by atoms with Gasteiger partial charge in [0, 0.05) is 13.1 Å². The number of thiazole rings is 1. The van der Waals surface area contributed by atoms with E-state index in [9.17, 15) is 13.6 Å². The fraction of sp³-hybridized carbons (Fsp3) is 0.444. The van der Waals surface area contributed by atoms with E-state index in [0.29, 0.717) is 17.1 Å². The second-order valence-electron chi connectivity index (χ2n) is 6.19. The number of amides is 1. The van der Waals surface area contributed by atoms with Crippen LogP contribution in [0.15, 0.2) is 18.2 Å². The number of hydrogen-bond acceptors (Lipinski definition) is 4. The summed E-state index contributed by atoms with van der Waals surface area (Å²) in [7, 11) is 0. The van der Waals surface area contributed by atoms with E-state index in [1.165, 1.54) is 37.5 Å². The summed E-state index contributed by atoms with van der Waals surface area (Å²) in [6.45, 7) is 5.20. The van der Waals surface area contributed by atoms with Gasteiger partial charge in [0.2, 0.25) is 0 Å². The van der Waals surface area contributed by atoms with Crippen molar-refractivity contribution < 1.29 is 13.6 Å². The van der Waals surface area contributed by atoms with Gasteiger partial charge in [0.25, 0.3) is 5.91 Å². The summed E-state index contributed by atoms with van der Waals surface area (Å²) in [5.74, 6) is -1.59. The first kappa shape index (κ1) is 17.9. The maximum atomic E-state index is 13.9. The molecule has 7 heteroatoms. The fourth-order valence-corrected chi connectivity index (χ4v) is 4.04. The molecule has 0 aliphatic carbocycles. The number of likely N-dealkylation sites (tertiary alicyclic amines) is 1. The number of hydrogen-bond donors (Lipinski definition) is 1. The van der Waals surface area contributed by atoms with Crippen LogP contribution in [0.2, 0.25) is 0 Å². The molecule has 1 aliphatic rings. The fourth-order valence-electron chi connectivity index (χ4n) is 3.01. The van der Waals surface area contributed by atoms with E-state index in [1.807, 2.05) is 0 Å². The summed E-state index contributed by atoms with van der Waals surface area (Å²) >= 11 is 1.02. The van der Waals surface area contributed by atoms with Gasteiger partial charge in [-0.05, 0) is 45.0 Å². The predicted molar refractivity (Wildman–Crippen MR) is 94.8 cm³/mol. The van der Waals surface area contributed by atoms with Crippen LogP contribution in [0.25, 0.3) is 10.6 Å². The van der Waals surface area contributed by atoms with Gasteiger partial charge in [-0.15, -0.1) is 11.3 Å². The van der Waals surface area contributed by atoms with Crippen LogP contribution >= 0.6 is 11.3 Å². The zero-order chi connectivity index (χ0) is 17.8. The lowest BCUT2D eigenvalue weighted by Gasteiger charge is -2.26. The Kier molecular flexibility index (Phi) is 5.75. The van der Waals surface area contributed by atoms with Crippen molar-refractivity contribution in [3.8, 4) is 10.6 Å². The molecular weight excluding hydrogens is 344 g/mol. The number of benzene rings is 1. The first-order valence-electron chi connectivity index (χ1n) is 8.48. The molecule has 1 saturated heterocycles. The zero-order valence-electron chi connectivity index (χ0n) is 14.1. The van der Waals surface area contributed by atoms with Gasteiger partial charge < -0.3 is 10.2 Å². The second-order valence-corrected chi connectivity index (χ2v) is 7.19. The van der Waals surface area contributed by atoms with Crippen molar-refractivity contribution in [2.75, 3.05) is 26.2 Å². The zero-order valence-corrected chi connectivity index (χ0v) is 15.0. The lowest BCUT2D eigenvalue weighted by Crippen LogP contribution is -2.37. The summed E-state index contributed by atoms with van der Waals surface area (Å²) in [6, 6.07) is 3.68. The number of carbonyl (C=O) groups is 1. The van der Waals surface area contributed by atoms with Gasteiger partial charge in [0.1, 0.15) is 21.5 Å². The minimum absolute atomic E-state index is 0.178. The molecule has 2 aromatic rings. The maximum absolute atomic E-state index is 13.9. The number of aryl methyl sites for hydroxylation is 1. The molecule has 1 aliphatic heterocycles. The molecule has 1 aromatic heterocycles. The molecule has 0 bridgehead atoms. The van der Waals surface area contributed by atoms with Gasteiger partial charge in [-0.1, -0.05) is 12.5 Å². The van der Waals surface area contributed by atoms with Crippen LogP contribution in [0, 0.1) is 18.6 Å². The van der Waals surface area contributed by atoms with Gasteiger partial charge in [0.05, 0.1) is 11.3 Å². The molecule has 1 N–H and O–H groups in total. The Labute approximate surface area is 149 Å². The topological polar surface area (TPSA) is 45.2 Å².